The number of hydrogen-bond acceptors (Lipinski definition) is 4. The van der Waals surface area contributed by atoms with E-state index >= 15 is 0 Å². The summed E-state index contributed by atoms with van der Waals surface area (Å²) in [6.07, 6.45) is 0. The van der Waals surface area contributed by atoms with Gasteiger partial charge in [0.05, 0.1) is 5.75 Å². The van der Waals surface area contributed by atoms with E-state index in [-0.39, 0.29) is 11.5 Å². The van der Waals surface area contributed by atoms with Gasteiger partial charge in [-0.3, -0.25) is 0 Å². The molecule has 0 unspecified atom stereocenters. The Labute approximate surface area is 110 Å². The third kappa shape index (κ3) is 3.91. The Bertz CT molecular complexity index is 498. The number of nitrogen functional groups attached to an aromatic ring is 1. The van der Waals surface area contributed by atoms with Crippen molar-refractivity contribution in [3.8, 4) is 0 Å². The summed E-state index contributed by atoms with van der Waals surface area (Å²) in [5.74, 6) is 0.395. The van der Waals surface area contributed by atoms with Crippen molar-refractivity contribution in [3.63, 3.8) is 0 Å². The van der Waals surface area contributed by atoms with Crippen LogP contribution in [0, 0.1) is 6.92 Å². The molecular formula is C13H22N2O2S. The van der Waals surface area contributed by atoms with E-state index in [0.717, 1.165) is 23.5 Å². The van der Waals surface area contributed by atoms with Crippen LogP contribution in [0.4, 0.5) is 11.4 Å². The van der Waals surface area contributed by atoms with Crippen LogP contribution in [-0.4, -0.2) is 33.0 Å². The molecule has 0 saturated carbocycles. The van der Waals surface area contributed by atoms with Gasteiger partial charge in [0.15, 0.2) is 9.84 Å². The molecule has 0 atom stereocenters. The van der Waals surface area contributed by atoms with Crippen molar-refractivity contribution in [1.82, 2.24) is 0 Å². The summed E-state index contributed by atoms with van der Waals surface area (Å²) < 4.78 is 23.1. The second-order valence-electron chi connectivity index (χ2n) is 4.36. The lowest BCUT2D eigenvalue weighted by molar-refractivity contribution is 0.596. The van der Waals surface area contributed by atoms with Crippen LogP contribution >= 0.6 is 0 Å². The monoisotopic (exact) mass is 270 g/mol. The molecule has 0 radical (unpaired) electrons. The van der Waals surface area contributed by atoms with Gasteiger partial charge in [0, 0.05) is 30.2 Å². The van der Waals surface area contributed by atoms with E-state index in [1.807, 2.05) is 32.0 Å². The third-order valence-electron chi connectivity index (χ3n) is 3.11. The normalized spacial score (nSPS) is 11.5. The molecule has 1 aromatic rings. The highest BCUT2D eigenvalue weighted by Gasteiger charge is 2.11. The van der Waals surface area contributed by atoms with Gasteiger partial charge in [-0.2, -0.15) is 0 Å². The first-order chi connectivity index (χ1) is 8.39. The van der Waals surface area contributed by atoms with Crippen LogP contribution in [0.15, 0.2) is 18.2 Å². The molecule has 5 heteroatoms. The van der Waals surface area contributed by atoms with E-state index < -0.39 is 9.84 Å². The van der Waals surface area contributed by atoms with Gasteiger partial charge in [-0.15, -0.1) is 0 Å². The minimum absolute atomic E-state index is 0.195. The summed E-state index contributed by atoms with van der Waals surface area (Å²) >= 11 is 0. The minimum atomic E-state index is -2.92. The van der Waals surface area contributed by atoms with Gasteiger partial charge in [-0.05, 0) is 37.6 Å². The number of sulfone groups is 1. The summed E-state index contributed by atoms with van der Waals surface area (Å²) in [4.78, 5) is 2.06. The van der Waals surface area contributed by atoms with Crippen LogP contribution < -0.4 is 10.6 Å². The predicted octanol–water partition coefficient (Wildman–Crippen LogP) is 1.84. The SMILES string of the molecule is CCN(CCS(=O)(=O)CC)c1ccc(N)c(C)c1. The molecular weight excluding hydrogens is 248 g/mol. The van der Waals surface area contributed by atoms with Gasteiger partial charge >= 0.3 is 0 Å². The number of nitrogens with two attached hydrogens (primary N) is 1. The van der Waals surface area contributed by atoms with Crippen molar-refractivity contribution in [2.45, 2.75) is 20.8 Å². The van der Waals surface area contributed by atoms with Crippen molar-refractivity contribution in [2.75, 3.05) is 35.2 Å². The van der Waals surface area contributed by atoms with Crippen LogP contribution in [0.1, 0.15) is 19.4 Å². The average Bonchev–Trinajstić information content (AvgIpc) is 2.34. The number of aryl methyl sites for hydroxylation is 1. The number of rotatable bonds is 6. The summed E-state index contributed by atoms with van der Waals surface area (Å²) in [6, 6.07) is 5.80. The zero-order valence-electron chi connectivity index (χ0n) is 11.3. The zero-order chi connectivity index (χ0) is 13.8. The van der Waals surface area contributed by atoms with Crippen molar-refractivity contribution in [3.05, 3.63) is 23.8 Å². The molecule has 0 heterocycles. The molecule has 1 rings (SSSR count). The van der Waals surface area contributed by atoms with Gasteiger partial charge in [-0.25, -0.2) is 8.42 Å². The van der Waals surface area contributed by atoms with Gasteiger partial charge in [0.2, 0.25) is 0 Å². The van der Waals surface area contributed by atoms with Crippen LogP contribution in [0.5, 0.6) is 0 Å². The summed E-state index contributed by atoms with van der Waals surface area (Å²) in [5.41, 5.74) is 8.58. The molecule has 0 amide bonds. The van der Waals surface area contributed by atoms with E-state index in [9.17, 15) is 8.42 Å². The largest absolute Gasteiger partial charge is 0.399 e. The third-order valence-corrected chi connectivity index (χ3v) is 4.80. The van der Waals surface area contributed by atoms with Crippen molar-refractivity contribution < 1.29 is 8.42 Å². The van der Waals surface area contributed by atoms with E-state index in [1.165, 1.54) is 0 Å². The van der Waals surface area contributed by atoms with Gasteiger partial charge < -0.3 is 10.6 Å². The van der Waals surface area contributed by atoms with E-state index in [1.54, 1.807) is 6.92 Å². The second kappa shape index (κ2) is 6.09. The standard InChI is InChI=1S/C13H22N2O2S/c1-4-15(8-9-18(16,17)5-2)12-6-7-13(14)11(3)10-12/h6-7,10H,4-5,8-9,14H2,1-3H3. The topological polar surface area (TPSA) is 63.4 Å². The first-order valence-corrected chi connectivity index (χ1v) is 8.03. The highest BCUT2D eigenvalue weighted by molar-refractivity contribution is 7.91. The van der Waals surface area contributed by atoms with Gasteiger partial charge in [-0.1, -0.05) is 6.92 Å². The Morgan fingerprint density at radius 1 is 1.28 bits per heavy atom. The Morgan fingerprint density at radius 2 is 1.94 bits per heavy atom. The number of hydrogen-bond donors (Lipinski definition) is 1. The second-order valence-corrected chi connectivity index (χ2v) is 6.83. The Balaban J connectivity index is 2.80. The zero-order valence-corrected chi connectivity index (χ0v) is 12.1. The maximum atomic E-state index is 11.5. The molecule has 2 N–H and O–H groups in total. The molecule has 0 bridgehead atoms. The van der Waals surface area contributed by atoms with Crippen LogP contribution in [0.25, 0.3) is 0 Å². The number of benzene rings is 1. The maximum Gasteiger partial charge on any atom is 0.151 e. The summed E-state index contributed by atoms with van der Waals surface area (Å²) in [7, 11) is -2.92. The quantitative estimate of drug-likeness (QED) is 0.801. The molecule has 0 fully saturated rings. The lowest BCUT2D eigenvalue weighted by Gasteiger charge is -2.23. The summed E-state index contributed by atoms with van der Waals surface area (Å²) in [5, 5.41) is 0. The molecule has 0 saturated heterocycles. The van der Waals surface area contributed by atoms with Gasteiger partial charge in [0.1, 0.15) is 0 Å². The molecule has 1 aromatic carbocycles. The molecule has 0 aliphatic rings. The summed E-state index contributed by atoms with van der Waals surface area (Å²) in [6.45, 7) is 6.96. The molecule has 18 heavy (non-hydrogen) atoms. The van der Waals surface area contributed by atoms with E-state index in [4.69, 9.17) is 5.73 Å². The van der Waals surface area contributed by atoms with Gasteiger partial charge in [0.25, 0.3) is 0 Å². The highest BCUT2D eigenvalue weighted by Crippen LogP contribution is 2.20. The van der Waals surface area contributed by atoms with Crippen LogP contribution in [0.2, 0.25) is 0 Å². The Kier molecular flexibility index (Phi) is 5.02. The fraction of sp³-hybridized carbons (Fsp3) is 0.538. The number of anilines is 2. The molecule has 0 aromatic heterocycles. The van der Waals surface area contributed by atoms with Crippen LogP contribution in [0.3, 0.4) is 0 Å². The first-order valence-electron chi connectivity index (χ1n) is 6.21. The lowest BCUT2D eigenvalue weighted by atomic mass is 10.1. The van der Waals surface area contributed by atoms with Crippen molar-refractivity contribution >= 4 is 21.2 Å². The van der Waals surface area contributed by atoms with Crippen molar-refractivity contribution in [1.29, 1.82) is 0 Å². The molecule has 0 aliphatic carbocycles. The Morgan fingerprint density at radius 3 is 2.44 bits per heavy atom. The average molecular weight is 270 g/mol. The molecule has 0 spiro atoms. The smallest absolute Gasteiger partial charge is 0.151 e. The van der Waals surface area contributed by atoms with Crippen LogP contribution in [-0.2, 0) is 9.84 Å². The molecule has 4 nitrogen and oxygen atoms in total. The highest BCUT2D eigenvalue weighted by atomic mass is 32.2. The number of nitrogens with zero attached hydrogens (tertiary/aromatic N) is 1. The van der Waals surface area contributed by atoms with E-state index in [0.29, 0.717) is 6.54 Å². The maximum absolute atomic E-state index is 11.5. The van der Waals surface area contributed by atoms with E-state index in [2.05, 4.69) is 4.90 Å². The fourth-order valence-corrected chi connectivity index (χ4v) is 2.51. The van der Waals surface area contributed by atoms with Crippen molar-refractivity contribution in [2.24, 2.45) is 0 Å². The first kappa shape index (κ1) is 14.8. The lowest BCUT2D eigenvalue weighted by Crippen LogP contribution is -2.29. The molecule has 102 valence electrons. The Hall–Kier alpha value is -1.23. The predicted molar refractivity (Wildman–Crippen MR) is 77.8 cm³/mol. The fourth-order valence-electron chi connectivity index (χ4n) is 1.72. The molecule has 0 aliphatic heterocycles. The minimum Gasteiger partial charge on any atom is -0.399 e.